The fraction of sp³-hybridized carbons (Fsp3) is 0.647. The molecule has 1 aliphatic heterocycles. The van der Waals surface area contributed by atoms with Crippen LogP contribution < -0.4 is 10.5 Å². The van der Waals surface area contributed by atoms with Crippen LogP contribution in [0.4, 0.5) is 0 Å². The quantitative estimate of drug-likeness (QED) is 0.840. The molecule has 2 unspecified atom stereocenters. The van der Waals surface area contributed by atoms with Crippen LogP contribution in [0.3, 0.4) is 0 Å². The van der Waals surface area contributed by atoms with Gasteiger partial charge < -0.3 is 15.4 Å². The SMILES string of the molecule is Cc1ccc(OCCCN2CC(C)CC(N)C2)cc1C. The Balaban J connectivity index is 1.69. The number of likely N-dealkylation sites (tertiary alicyclic amines) is 1. The van der Waals surface area contributed by atoms with Gasteiger partial charge in [0.1, 0.15) is 5.75 Å². The van der Waals surface area contributed by atoms with Crippen LogP contribution in [0, 0.1) is 19.8 Å². The van der Waals surface area contributed by atoms with Crippen molar-refractivity contribution in [2.24, 2.45) is 11.7 Å². The van der Waals surface area contributed by atoms with Gasteiger partial charge in [-0.05, 0) is 55.9 Å². The molecule has 1 heterocycles. The lowest BCUT2D eigenvalue weighted by Gasteiger charge is -2.34. The number of aryl methyl sites for hydroxylation is 2. The molecular weight excluding hydrogens is 248 g/mol. The van der Waals surface area contributed by atoms with E-state index in [0.717, 1.165) is 44.2 Å². The van der Waals surface area contributed by atoms with Crippen LogP contribution in [0.2, 0.25) is 0 Å². The summed E-state index contributed by atoms with van der Waals surface area (Å²) in [5, 5.41) is 0. The fourth-order valence-corrected chi connectivity index (χ4v) is 2.98. The zero-order valence-electron chi connectivity index (χ0n) is 13.1. The van der Waals surface area contributed by atoms with Crippen molar-refractivity contribution in [3.8, 4) is 5.75 Å². The summed E-state index contributed by atoms with van der Waals surface area (Å²) in [5.41, 5.74) is 8.67. The van der Waals surface area contributed by atoms with Crippen LogP contribution in [-0.4, -0.2) is 37.2 Å². The Bertz CT molecular complexity index is 423. The van der Waals surface area contributed by atoms with Crippen LogP contribution in [0.1, 0.15) is 30.9 Å². The molecular formula is C17H28N2O. The molecule has 1 fully saturated rings. The predicted octanol–water partition coefficient (Wildman–Crippen LogP) is 2.74. The highest BCUT2D eigenvalue weighted by atomic mass is 16.5. The maximum Gasteiger partial charge on any atom is 0.119 e. The third-order valence-corrected chi connectivity index (χ3v) is 4.13. The lowest BCUT2D eigenvalue weighted by molar-refractivity contribution is 0.154. The van der Waals surface area contributed by atoms with Crippen molar-refractivity contribution in [2.75, 3.05) is 26.2 Å². The van der Waals surface area contributed by atoms with Crippen LogP contribution in [0.5, 0.6) is 5.75 Å². The van der Waals surface area contributed by atoms with Crippen molar-refractivity contribution >= 4 is 0 Å². The molecule has 20 heavy (non-hydrogen) atoms. The molecule has 1 aromatic carbocycles. The van der Waals surface area contributed by atoms with E-state index in [1.165, 1.54) is 17.7 Å². The van der Waals surface area contributed by atoms with Crippen molar-refractivity contribution in [1.29, 1.82) is 0 Å². The minimum Gasteiger partial charge on any atom is -0.494 e. The van der Waals surface area contributed by atoms with Crippen LogP contribution in [0.15, 0.2) is 18.2 Å². The van der Waals surface area contributed by atoms with Crippen LogP contribution >= 0.6 is 0 Å². The van der Waals surface area contributed by atoms with Gasteiger partial charge in [-0.25, -0.2) is 0 Å². The van der Waals surface area contributed by atoms with E-state index < -0.39 is 0 Å². The first-order valence-corrected chi connectivity index (χ1v) is 7.72. The molecule has 2 rings (SSSR count). The molecule has 1 aliphatic rings. The lowest BCUT2D eigenvalue weighted by Crippen LogP contribution is -2.46. The van der Waals surface area contributed by atoms with Crippen molar-refractivity contribution in [3.05, 3.63) is 29.3 Å². The van der Waals surface area contributed by atoms with Gasteiger partial charge in [0.25, 0.3) is 0 Å². The molecule has 0 radical (unpaired) electrons. The van der Waals surface area contributed by atoms with Gasteiger partial charge in [-0.1, -0.05) is 13.0 Å². The van der Waals surface area contributed by atoms with Gasteiger partial charge in [0.15, 0.2) is 0 Å². The molecule has 0 spiro atoms. The first-order valence-electron chi connectivity index (χ1n) is 7.72. The normalized spacial score (nSPS) is 23.8. The summed E-state index contributed by atoms with van der Waals surface area (Å²) in [6, 6.07) is 6.64. The van der Waals surface area contributed by atoms with E-state index in [-0.39, 0.29) is 0 Å². The molecule has 1 saturated heterocycles. The smallest absolute Gasteiger partial charge is 0.119 e. The van der Waals surface area contributed by atoms with E-state index in [1.54, 1.807) is 0 Å². The number of nitrogens with two attached hydrogens (primary N) is 1. The van der Waals surface area contributed by atoms with Gasteiger partial charge in [0.05, 0.1) is 6.61 Å². The Morgan fingerprint density at radius 3 is 2.75 bits per heavy atom. The number of hydrogen-bond donors (Lipinski definition) is 1. The monoisotopic (exact) mass is 276 g/mol. The topological polar surface area (TPSA) is 38.5 Å². The largest absolute Gasteiger partial charge is 0.494 e. The zero-order chi connectivity index (χ0) is 14.5. The Morgan fingerprint density at radius 1 is 1.25 bits per heavy atom. The van der Waals surface area contributed by atoms with Gasteiger partial charge in [-0.2, -0.15) is 0 Å². The molecule has 0 aliphatic carbocycles. The second kappa shape index (κ2) is 7.09. The van der Waals surface area contributed by atoms with Gasteiger partial charge in [0, 0.05) is 25.7 Å². The Morgan fingerprint density at radius 2 is 2.05 bits per heavy atom. The van der Waals surface area contributed by atoms with E-state index in [9.17, 15) is 0 Å². The van der Waals surface area contributed by atoms with Crippen molar-refractivity contribution in [2.45, 2.75) is 39.7 Å². The number of rotatable bonds is 5. The number of hydrogen-bond acceptors (Lipinski definition) is 3. The number of ether oxygens (including phenoxy) is 1. The van der Waals surface area contributed by atoms with Gasteiger partial charge in [-0.3, -0.25) is 0 Å². The zero-order valence-corrected chi connectivity index (χ0v) is 13.1. The summed E-state index contributed by atoms with van der Waals surface area (Å²) in [6.07, 6.45) is 2.22. The molecule has 112 valence electrons. The number of benzene rings is 1. The van der Waals surface area contributed by atoms with E-state index >= 15 is 0 Å². The molecule has 0 aromatic heterocycles. The Labute approximate surface area is 123 Å². The summed E-state index contributed by atoms with van der Waals surface area (Å²) in [4.78, 5) is 2.47. The molecule has 1 aromatic rings. The van der Waals surface area contributed by atoms with Gasteiger partial charge in [0.2, 0.25) is 0 Å². The van der Waals surface area contributed by atoms with Crippen molar-refractivity contribution < 1.29 is 4.74 Å². The predicted molar refractivity (Wildman–Crippen MR) is 84.2 cm³/mol. The average Bonchev–Trinajstić information content (AvgIpc) is 2.38. The molecule has 0 amide bonds. The fourth-order valence-electron chi connectivity index (χ4n) is 2.98. The standard InChI is InChI=1S/C17H28N2O/c1-13-9-16(18)12-19(11-13)7-4-8-20-17-6-5-14(2)15(3)10-17/h5-6,10,13,16H,4,7-9,11-12,18H2,1-3H3. The Kier molecular flexibility index (Phi) is 5.44. The molecule has 0 bridgehead atoms. The van der Waals surface area contributed by atoms with Crippen molar-refractivity contribution in [1.82, 2.24) is 4.90 Å². The summed E-state index contributed by atoms with van der Waals surface area (Å²) in [5.74, 6) is 1.70. The minimum absolute atomic E-state index is 0.347. The highest BCUT2D eigenvalue weighted by molar-refractivity contribution is 5.33. The molecule has 2 atom stereocenters. The van der Waals surface area contributed by atoms with E-state index in [4.69, 9.17) is 10.5 Å². The summed E-state index contributed by atoms with van der Waals surface area (Å²) in [6.45, 7) is 10.6. The molecule has 3 nitrogen and oxygen atoms in total. The van der Waals surface area contributed by atoms with Crippen LogP contribution in [0.25, 0.3) is 0 Å². The number of nitrogens with zero attached hydrogens (tertiary/aromatic N) is 1. The highest BCUT2D eigenvalue weighted by Gasteiger charge is 2.21. The maximum absolute atomic E-state index is 6.07. The third-order valence-electron chi connectivity index (χ3n) is 4.13. The van der Waals surface area contributed by atoms with Gasteiger partial charge in [-0.15, -0.1) is 0 Å². The van der Waals surface area contributed by atoms with E-state index in [2.05, 4.69) is 43.9 Å². The molecule has 2 N–H and O–H groups in total. The van der Waals surface area contributed by atoms with Crippen LogP contribution in [-0.2, 0) is 0 Å². The van der Waals surface area contributed by atoms with Crippen molar-refractivity contribution in [3.63, 3.8) is 0 Å². The molecule has 3 heteroatoms. The maximum atomic E-state index is 6.07. The Hall–Kier alpha value is -1.06. The summed E-state index contributed by atoms with van der Waals surface area (Å²) < 4.78 is 5.83. The van der Waals surface area contributed by atoms with E-state index in [0.29, 0.717) is 6.04 Å². The lowest BCUT2D eigenvalue weighted by atomic mass is 9.96. The van der Waals surface area contributed by atoms with E-state index in [1.807, 2.05) is 0 Å². The second-order valence-electron chi connectivity index (χ2n) is 6.31. The average molecular weight is 276 g/mol. The highest BCUT2D eigenvalue weighted by Crippen LogP contribution is 2.17. The first-order chi connectivity index (χ1) is 9.54. The van der Waals surface area contributed by atoms with Gasteiger partial charge >= 0.3 is 0 Å². The second-order valence-corrected chi connectivity index (χ2v) is 6.31. The summed E-state index contributed by atoms with van der Waals surface area (Å²) in [7, 11) is 0. The molecule has 0 saturated carbocycles. The summed E-state index contributed by atoms with van der Waals surface area (Å²) >= 11 is 0. The first kappa shape index (κ1) is 15.3. The third kappa shape index (κ3) is 4.50. The number of piperidine rings is 1. The minimum atomic E-state index is 0.347.